The number of hydrogen-bond donors (Lipinski definition) is 1. The second-order valence-electron chi connectivity index (χ2n) is 8.56. The van der Waals surface area contributed by atoms with Crippen LogP contribution in [0, 0.1) is 23.1 Å². The molecule has 3 aromatic heterocycles. The van der Waals surface area contributed by atoms with Crippen LogP contribution in [0.1, 0.15) is 37.3 Å². The molecule has 0 atom stereocenters. The van der Waals surface area contributed by atoms with Crippen molar-refractivity contribution < 1.29 is 12.8 Å². The van der Waals surface area contributed by atoms with Gasteiger partial charge < -0.3 is 0 Å². The molecular formula is C25H23FN6O2S. The summed E-state index contributed by atoms with van der Waals surface area (Å²) < 4.78 is 44.4. The molecule has 1 aromatic carbocycles. The lowest BCUT2D eigenvalue weighted by Gasteiger charge is -2.25. The Morgan fingerprint density at radius 2 is 1.97 bits per heavy atom. The summed E-state index contributed by atoms with van der Waals surface area (Å²) in [4.78, 5) is 13.1. The maximum absolute atomic E-state index is 14.7. The van der Waals surface area contributed by atoms with Crippen molar-refractivity contribution in [2.45, 2.75) is 37.5 Å². The van der Waals surface area contributed by atoms with E-state index in [1.54, 1.807) is 35.2 Å². The van der Waals surface area contributed by atoms with Gasteiger partial charge in [-0.15, -0.1) is 0 Å². The highest BCUT2D eigenvalue weighted by atomic mass is 32.2. The average molecular weight is 491 g/mol. The van der Waals surface area contributed by atoms with Crippen molar-refractivity contribution in [3.63, 3.8) is 0 Å². The Morgan fingerprint density at radius 3 is 2.57 bits per heavy atom. The number of aryl methyl sites for hydroxylation is 1. The summed E-state index contributed by atoms with van der Waals surface area (Å²) in [6.07, 6.45) is 8.08. The molecule has 0 bridgehead atoms. The van der Waals surface area contributed by atoms with Gasteiger partial charge >= 0.3 is 0 Å². The Labute approximate surface area is 202 Å². The van der Waals surface area contributed by atoms with Crippen molar-refractivity contribution in [1.29, 1.82) is 5.26 Å². The fourth-order valence-electron chi connectivity index (χ4n) is 4.28. The van der Waals surface area contributed by atoms with Gasteiger partial charge in [-0.3, -0.25) is 9.55 Å². The summed E-state index contributed by atoms with van der Waals surface area (Å²) >= 11 is 0. The molecule has 8 nitrogen and oxygen atoms in total. The third-order valence-electron chi connectivity index (χ3n) is 6.46. The van der Waals surface area contributed by atoms with E-state index in [2.05, 4.69) is 25.7 Å². The summed E-state index contributed by atoms with van der Waals surface area (Å²) in [5.74, 6) is 0.273. The molecule has 1 aliphatic rings. The molecule has 0 amide bonds. The number of nitrogens with one attached hydrogen (secondary N) is 1. The van der Waals surface area contributed by atoms with E-state index in [9.17, 15) is 18.1 Å². The zero-order valence-corrected chi connectivity index (χ0v) is 19.9. The number of fused-ring (bicyclic) bond motifs is 1. The molecule has 4 aromatic rings. The molecule has 0 spiro atoms. The number of aromatic nitrogens is 4. The smallest absolute Gasteiger partial charge is 0.242 e. The molecule has 178 valence electrons. The number of hydrogen-bond acceptors (Lipinski definition) is 6. The first-order valence-electron chi connectivity index (χ1n) is 11.4. The fraction of sp³-hybridized carbons (Fsp3) is 0.280. The lowest BCUT2D eigenvalue weighted by Crippen LogP contribution is -2.32. The maximum atomic E-state index is 14.7. The molecule has 0 saturated heterocycles. The van der Waals surface area contributed by atoms with Gasteiger partial charge in [-0.05, 0) is 61.1 Å². The number of benzene rings is 1. The van der Waals surface area contributed by atoms with Gasteiger partial charge in [0.1, 0.15) is 16.8 Å². The first kappa shape index (κ1) is 23.1. The van der Waals surface area contributed by atoms with E-state index in [4.69, 9.17) is 0 Å². The minimum absolute atomic E-state index is 0.0389. The Bertz CT molecular complexity index is 1540. The van der Waals surface area contributed by atoms with Crippen molar-refractivity contribution in [1.82, 2.24) is 24.2 Å². The topological polar surface area (TPSA) is 114 Å². The van der Waals surface area contributed by atoms with E-state index in [0.717, 1.165) is 19.3 Å². The Balaban J connectivity index is 1.65. The van der Waals surface area contributed by atoms with E-state index < -0.39 is 15.8 Å². The van der Waals surface area contributed by atoms with E-state index >= 15 is 0 Å². The normalized spacial score (nSPS) is 14.1. The minimum atomic E-state index is -3.71. The highest BCUT2D eigenvalue weighted by Gasteiger charge is 2.25. The van der Waals surface area contributed by atoms with E-state index in [1.165, 1.54) is 18.3 Å². The molecular weight excluding hydrogens is 467 g/mol. The second-order valence-corrected chi connectivity index (χ2v) is 10.3. The van der Waals surface area contributed by atoms with Crippen LogP contribution in [-0.4, -0.2) is 34.5 Å². The average Bonchev–Trinajstić information content (AvgIpc) is 3.16. The largest absolute Gasteiger partial charge is 0.275 e. The number of halogens is 1. The quantitative estimate of drug-likeness (QED) is 0.417. The van der Waals surface area contributed by atoms with Crippen LogP contribution in [0.2, 0.25) is 0 Å². The molecule has 1 saturated carbocycles. The van der Waals surface area contributed by atoms with Crippen LogP contribution >= 0.6 is 0 Å². The van der Waals surface area contributed by atoms with E-state index in [0.29, 0.717) is 52.7 Å². The summed E-state index contributed by atoms with van der Waals surface area (Å²) in [7, 11) is -3.71. The molecule has 10 heteroatoms. The highest BCUT2D eigenvalue weighted by molar-refractivity contribution is 7.89. The molecule has 5 rings (SSSR count). The van der Waals surface area contributed by atoms with Crippen LogP contribution in [0.5, 0.6) is 0 Å². The number of rotatable bonds is 7. The van der Waals surface area contributed by atoms with Crippen LogP contribution in [0.4, 0.5) is 4.39 Å². The first-order valence-corrected chi connectivity index (χ1v) is 12.9. The molecule has 1 aliphatic carbocycles. The Hall–Kier alpha value is -3.68. The monoisotopic (exact) mass is 490 g/mol. The zero-order chi connectivity index (χ0) is 24.6. The maximum Gasteiger partial charge on any atom is 0.242 e. The highest BCUT2D eigenvalue weighted by Crippen LogP contribution is 2.36. The number of sulfonamides is 1. The molecule has 3 heterocycles. The lowest BCUT2D eigenvalue weighted by molar-refractivity contribution is 0.316. The summed E-state index contributed by atoms with van der Waals surface area (Å²) in [6, 6.07) is 9.88. The van der Waals surface area contributed by atoms with Gasteiger partial charge in [-0.1, -0.05) is 13.3 Å². The van der Waals surface area contributed by atoms with Gasteiger partial charge in [0.15, 0.2) is 0 Å². The predicted octanol–water partition coefficient (Wildman–Crippen LogP) is 4.13. The first-order chi connectivity index (χ1) is 16.9. The minimum Gasteiger partial charge on any atom is -0.275 e. The van der Waals surface area contributed by atoms with Gasteiger partial charge in [0, 0.05) is 30.5 Å². The summed E-state index contributed by atoms with van der Waals surface area (Å²) in [5, 5.41) is 10.4. The molecule has 0 radical (unpaired) electrons. The zero-order valence-electron chi connectivity index (χ0n) is 19.1. The SMILES string of the molecule is CCc1cc2c(cc1F)c(C#N)c(-c1ccc(S(=O)(=O)NCC3CCC3)cn1)n2-c1ncccn1. The lowest BCUT2D eigenvalue weighted by atomic mass is 9.86. The van der Waals surface area contributed by atoms with Gasteiger partial charge in [-0.2, -0.15) is 5.26 Å². The number of nitriles is 1. The standard InChI is InChI=1S/C25H23FN6O2S/c1-2-17-11-23-19(12-21(17)26)20(13-27)24(32(23)25-28-9-4-10-29-25)22-8-7-18(15-30-22)35(33,34)31-14-16-5-3-6-16/h4,7-12,15-16,31H,2-3,5-6,14H2,1H3. The summed E-state index contributed by atoms with van der Waals surface area (Å²) in [5.41, 5.74) is 1.99. The number of pyridine rings is 1. The van der Waals surface area contributed by atoms with Crippen LogP contribution in [0.3, 0.4) is 0 Å². The van der Waals surface area contributed by atoms with Crippen LogP contribution in [-0.2, 0) is 16.4 Å². The van der Waals surface area contributed by atoms with Gasteiger partial charge in [0.05, 0.1) is 22.5 Å². The molecule has 35 heavy (non-hydrogen) atoms. The van der Waals surface area contributed by atoms with Crippen LogP contribution in [0.15, 0.2) is 53.8 Å². The van der Waals surface area contributed by atoms with Gasteiger partial charge in [0.2, 0.25) is 16.0 Å². The third-order valence-corrected chi connectivity index (χ3v) is 7.87. The molecule has 0 unspecified atom stereocenters. The molecule has 1 N–H and O–H groups in total. The van der Waals surface area contributed by atoms with Crippen molar-refractivity contribution in [3.05, 3.63) is 65.9 Å². The van der Waals surface area contributed by atoms with Crippen molar-refractivity contribution in [2.24, 2.45) is 5.92 Å². The van der Waals surface area contributed by atoms with Crippen molar-refractivity contribution in [2.75, 3.05) is 6.54 Å². The van der Waals surface area contributed by atoms with Crippen LogP contribution < -0.4 is 4.72 Å². The Kier molecular flexibility index (Phi) is 6.05. The molecule has 1 fully saturated rings. The predicted molar refractivity (Wildman–Crippen MR) is 129 cm³/mol. The van der Waals surface area contributed by atoms with Gasteiger partial charge in [0.25, 0.3) is 0 Å². The van der Waals surface area contributed by atoms with E-state index in [1.807, 2.05) is 6.92 Å². The summed E-state index contributed by atoms with van der Waals surface area (Å²) in [6.45, 7) is 2.26. The van der Waals surface area contributed by atoms with Crippen molar-refractivity contribution >= 4 is 20.9 Å². The van der Waals surface area contributed by atoms with E-state index in [-0.39, 0.29) is 10.5 Å². The van der Waals surface area contributed by atoms with Gasteiger partial charge in [-0.25, -0.2) is 27.5 Å². The van der Waals surface area contributed by atoms with Crippen molar-refractivity contribution in [3.8, 4) is 23.4 Å². The Morgan fingerprint density at radius 1 is 1.20 bits per heavy atom. The second kappa shape index (κ2) is 9.17. The van der Waals surface area contributed by atoms with Crippen LogP contribution in [0.25, 0.3) is 28.2 Å². The molecule has 0 aliphatic heterocycles. The third kappa shape index (κ3) is 4.17. The number of nitrogens with zero attached hydrogens (tertiary/aromatic N) is 5. The fourth-order valence-corrected chi connectivity index (χ4v) is 5.34.